The van der Waals surface area contributed by atoms with Crippen LogP contribution in [0, 0.1) is 6.92 Å². The van der Waals surface area contributed by atoms with E-state index >= 15 is 0 Å². The van der Waals surface area contributed by atoms with E-state index in [4.69, 9.17) is 4.74 Å². The number of ether oxygens (including phenoxy) is 1. The molecule has 2 rings (SSSR count). The van der Waals surface area contributed by atoms with Gasteiger partial charge in [0.25, 0.3) is 0 Å². The lowest BCUT2D eigenvalue weighted by atomic mass is 9.96. The van der Waals surface area contributed by atoms with Crippen molar-refractivity contribution in [3.05, 3.63) is 29.8 Å². The fourth-order valence-electron chi connectivity index (χ4n) is 2.60. The van der Waals surface area contributed by atoms with Gasteiger partial charge in [-0.25, -0.2) is 4.79 Å². The van der Waals surface area contributed by atoms with Crippen molar-refractivity contribution in [2.24, 2.45) is 0 Å². The average Bonchev–Trinajstić information content (AvgIpc) is 2.47. The SMILES string of the molecule is Cc1ccc(OC[C@@H](C)NC(=O)NC2CCCCC2)cc1. The summed E-state index contributed by atoms with van der Waals surface area (Å²) in [7, 11) is 0. The standard InChI is InChI=1S/C17H26N2O2/c1-13-8-10-16(11-9-13)21-12-14(2)18-17(20)19-15-6-4-3-5-7-15/h8-11,14-15H,3-7,12H2,1-2H3,(H2,18,19,20)/t14-/m1/s1. The van der Waals surface area contributed by atoms with Gasteiger partial charge in [0, 0.05) is 6.04 Å². The van der Waals surface area contributed by atoms with Crippen molar-refractivity contribution < 1.29 is 9.53 Å². The van der Waals surface area contributed by atoms with Gasteiger partial charge in [0.15, 0.2) is 0 Å². The topological polar surface area (TPSA) is 50.4 Å². The molecule has 0 bridgehead atoms. The van der Waals surface area contributed by atoms with Crippen molar-refractivity contribution in [2.45, 2.75) is 58.0 Å². The predicted molar refractivity (Wildman–Crippen MR) is 84.7 cm³/mol. The number of carbonyl (C=O) groups excluding carboxylic acids is 1. The van der Waals surface area contributed by atoms with E-state index in [0.29, 0.717) is 12.6 Å². The smallest absolute Gasteiger partial charge is 0.315 e. The molecule has 0 aliphatic heterocycles. The molecule has 4 nitrogen and oxygen atoms in total. The fourth-order valence-corrected chi connectivity index (χ4v) is 2.60. The van der Waals surface area contributed by atoms with Crippen molar-refractivity contribution in [1.29, 1.82) is 0 Å². The van der Waals surface area contributed by atoms with Crippen LogP contribution in [-0.2, 0) is 0 Å². The number of amides is 2. The van der Waals surface area contributed by atoms with E-state index in [-0.39, 0.29) is 12.1 Å². The molecular weight excluding hydrogens is 264 g/mol. The van der Waals surface area contributed by atoms with Gasteiger partial charge in [0.1, 0.15) is 12.4 Å². The van der Waals surface area contributed by atoms with Crippen molar-refractivity contribution in [3.63, 3.8) is 0 Å². The second-order valence-corrected chi connectivity index (χ2v) is 5.98. The Morgan fingerprint density at radius 3 is 2.57 bits per heavy atom. The molecule has 0 heterocycles. The van der Waals surface area contributed by atoms with Crippen LogP contribution in [0.1, 0.15) is 44.6 Å². The highest BCUT2D eigenvalue weighted by atomic mass is 16.5. The Hall–Kier alpha value is -1.71. The largest absolute Gasteiger partial charge is 0.491 e. The van der Waals surface area contributed by atoms with Gasteiger partial charge >= 0.3 is 6.03 Å². The molecule has 0 saturated heterocycles. The van der Waals surface area contributed by atoms with Gasteiger partial charge in [-0.15, -0.1) is 0 Å². The molecule has 0 radical (unpaired) electrons. The highest BCUT2D eigenvalue weighted by Gasteiger charge is 2.16. The van der Waals surface area contributed by atoms with Gasteiger partial charge in [0.2, 0.25) is 0 Å². The van der Waals surface area contributed by atoms with E-state index < -0.39 is 0 Å². The fraction of sp³-hybridized carbons (Fsp3) is 0.588. The molecule has 4 heteroatoms. The first-order valence-corrected chi connectivity index (χ1v) is 7.90. The number of hydrogen-bond acceptors (Lipinski definition) is 2. The van der Waals surface area contributed by atoms with Crippen molar-refractivity contribution in [1.82, 2.24) is 10.6 Å². The Bertz CT molecular complexity index is 439. The Labute approximate surface area is 127 Å². The van der Waals surface area contributed by atoms with Gasteiger partial charge in [-0.1, -0.05) is 37.0 Å². The zero-order chi connectivity index (χ0) is 15.1. The number of hydrogen-bond donors (Lipinski definition) is 2. The second kappa shape index (κ2) is 7.91. The molecule has 1 atom stereocenters. The summed E-state index contributed by atoms with van der Waals surface area (Å²) in [6.07, 6.45) is 5.93. The van der Waals surface area contributed by atoms with E-state index in [2.05, 4.69) is 10.6 Å². The third-order valence-electron chi connectivity index (χ3n) is 3.84. The summed E-state index contributed by atoms with van der Waals surface area (Å²) in [6, 6.07) is 8.17. The van der Waals surface area contributed by atoms with E-state index in [0.717, 1.165) is 18.6 Å². The summed E-state index contributed by atoms with van der Waals surface area (Å²) in [4.78, 5) is 11.9. The van der Waals surface area contributed by atoms with Crippen LogP contribution >= 0.6 is 0 Å². The Kier molecular flexibility index (Phi) is 5.90. The summed E-state index contributed by atoms with van der Waals surface area (Å²) in [5.74, 6) is 0.835. The van der Waals surface area contributed by atoms with Crippen LogP contribution in [0.4, 0.5) is 4.79 Å². The molecule has 0 spiro atoms. The molecule has 0 unspecified atom stereocenters. The molecule has 1 fully saturated rings. The maximum atomic E-state index is 11.9. The highest BCUT2D eigenvalue weighted by molar-refractivity contribution is 5.74. The molecule has 116 valence electrons. The zero-order valence-electron chi connectivity index (χ0n) is 13.0. The first kappa shape index (κ1) is 15.7. The van der Waals surface area contributed by atoms with E-state index in [1.54, 1.807) is 0 Å². The lowest BCUT2D eigenvalue weighted by Gasteiger charge is -2.24. The second-order valence-electron chi connectivity index (χ2n) is 5.98. The van der Waals surface area contributed by atoms with Crippen LogP contribution in [0.15, 0.2) is 24.3 Å². The maximum absolute atomic E-state index is 11.9. The van der Waals surface area contributed by atoms with Gasteiger partial charge in [0.05, 0.1) is 6.04 Å². The normalized spacial score (nSPS) is 17.0. The van der Waals surface area contributed by atoms with Crippen LogP contribution in [0.5, 0.6) is 5.75 Å². The number of aryl methyl sites for hydroxylation is 1. The van der Waals surface area contributed by atoms with Gasteiger partial charge in [-0.2, -0.15) is 0 Å². The van der Waals surface area contributed by atoms with Crippen molar-refractivity contribution in [3.8, 4) is 5.75 Å². The molecule has 2 N–H and O–H groups in total. The van der Waals surface area contributed by atoms with Gasteiger partial charge in [-0.05, 0) is 38.8 Å². The lowest BCUT2D eigenvalue weighted by Crippen LogP contribution is -2.47. The van der Waals surface area contributed by atoms with Crippen molar-refractivity contribution >= 4 is 6.03 Å². The summed E-state index contributed by atoms with van der Waals surface area (Å²) in [5, 5.41) is 5.98. The number of rotatable bonds is 5. The Morgan fingerprint density at radius 2 is 1.90 bits per heavy atom. The molecule has 1 aromatic carbocycles. The molecule has 1 aliphatic carbocycles. The number of carbonyl (C=O) groups is 1. The number of urea groups is 1. The van der Waals surface area contributed by atoms with E-state index in [9.17, 15) is 4.79 Å². The monoisotopic (exact) mass is 290 g/mol. The predicted octanol–water partition coefficient (Wildman–Crippen LogP) is 3.39. The Balaban J connectivity index is 1.67. The molecular formula is C17H26N2O2. The van der Waals surface area contributed by atoms with Crippen LogP contribution in [0.3, 0.4) is 0 Å². The molecule has 2 amide bonds. The Morgan fingerprint density at radius 1 is 1.24 bits per heavy atom. The van der Waals surface area contributed by atoms with Crippen LogP contribution < -0.4 is 15.4 Å². The first-order chi connectivity index (χ1) is 10.1. The minimum absolute atomic E-state index is 0.0186. The van der Waals surface area contributed by atoms with Crippen LogP contribution in [-0.4, -0.2) is 24.7 Å². The molecule has 1 aromatic rings. The van der Waals surface area contributed by atoms with Gasteiger partial charge in [-0.3, -0.25) is 0 Å². The van der Waals surface area contributed by atoms with E-state index in [1.165, 1.54) is 24.8 Å². The van der Waals surface area contributed by atoms with E-state index in [1.807, 2.05) is 38.1 Å². The third-order valence-corrected chi connectivity index (χ3v) is 3.84. The summed E-state index contributed by atoms with van der Waals surface area (Å²) in [6.45, 7) is 4.47. The number of nitrogens with one attached hydrogen (secondary N) is 2. The van der Waals surface area contributed by atoms with Gasteiger partial charge < -0.3 is 15.4 Å². The molecule has 21 heavy (non-hydrogen) atoms. The quantitative estimate of drug-likeness (QED) is 0.873. The molecule has 1 aliphatic rings. The van der Waals surface area contributed by atoms with Crippen molar-refractivity contribution in [2.75, 3.05) is 6.61 Å². The third kappa shape index (κ3) is 5.66. The van der Waals surface area contributed by atoms with Crippen LogP contribution in [0.25, 0.3) is 0 Å². The molecule has 0 aromatic heterocycles. The lowest BCUT2D eigenvalue weighted by molar-refractivity contribution is 0.219. The first-order valence-electron chi connectivity index (χ1n) is 7.90. The highest BCUT2D eigenvalue weighted by Crippen LogP contribution is 2.17. The maximum Gasteiger partial charge on any atom is 0.315 e. The average molecular weight is 290 g/mol. The minimum atomic E-state index is -0.0816. The summed E-state index contributed by atoms with van der Waals surface area (Å²) < 4.78 is 5.67. The summed E-state index contributed by atoms with van der Waals surface area (Å²) in [5.41, 5.74) is 1.21. The zero-order valence-corrected chi connectivity index (χ0v) is 13.0. The van der Waals surface area contributed by atoms with Crippen LogP contribution in [0.2, 0.25) is 0 Å². The summed E-state index contributed by atoms with van der Waals surface area (Å²) >= 11 is 0. The minimum Gasteiger partial charge on any atom is -0.491 e. The number of benzene rings is 1. The molecule has 1 saturated carbocycles.